The zero-order chi connectivity index (χ0) is 14.4. The minimum atomic E-state index is -1.02. The normalized spacial score (nSPS) is 12.2. The van der Waals surface area contributed by atoms with E-state index < -0.39 is 17.9 Å². The van der Waals surface area contributed by atoms with Crippen LogP contribution in [-0.2, 0) is 11.3 Å². The summed E-state index contributed by atoms with van der Waals surface area (Å²) in [5.41, 5.74) is 0.397. The van der Waals surface area contributed by atoms with Crippen molar-refractivity contribution in [2.75, 3.05) is 0 Å². The highest BCUT2D eigenvalue weighted by atomic mass is 35.5. The summed E-state index contributed by atoms with van der Waals surface area (Å²) in [6.45, 7) is 4.53. The molecule has 5 nitrogen and oxygen atoms in total. The van der Waals surface area contributed by atoms with E-state index in [1.807, 2.05) is 13.8 Å². The van der Waals surface area contributed by atoms with Gasteiger partial charge in [-0.15, -0.1) is 0 Å². The number of hydrogen-bond acceptors (Lipinski definition) is 2. The first kappa shape index (κ1) is 15.6. The van der Waals surface area contributed by atoms with Gasteiger partial charge < -0.3 is 15.0 Å². The Morgan fingerprint density at radius 1 is 1.42 bits per heavy atom. The van der Waals surface area contributed by atoms with Crippen LogP contribution in [0.1, 0.15) is 43.6 Å². The Labute approximate surface area is 117 Å². The van der Waals surface area contributed by atoms with Crippen molar-refractivity contribution in [2.24, 2.45) is 0 Å². The number of rotatable bonds is 7. The molecule has 19 heavy (non-hydrogen) atoms. The van der Waals surface area contributed by atoms with Crippen LogP contribution in [0.25, 0.3) is 0 Å². The average Bonchev–Trinajstić information content (AvgIpc) is 2.70. The molecule has 6 heteroatoms. The molecule has 1 aromatic heterocycles. The number of amides is 1. The maximum Gasteiger partial charge on any atom is 0.326 e. The van der Waals surface area contributed by atoms with E-state index in [1.54, 1.807) is 16.8 Å². The van der Waals surface area contributed by atoms with E-state index in [0.717, 1.165) is 6.42 Å². The highest BCUT2D eigenvalue weighted by Crippen LogP contribution is 2.15. The van der Waals surface area contributed by atoms with Gasteiger partial charge in [-0.2, -0.15) is 0 Å². The van der Waals surface area contributed by atoms with E-state index in [9.17, 15) is 9.59 Å². The fraction of sp³-hybridized carbons (Fsp3) is 0.538. The number of halogens is 1. The van der Waals surface area contributed by atoms with Gasteiger partial charge in [0.05, 0.1) is 5.02 Å². The van der Waals surface area contributed by atoms with E-state index in [1.165, 1.54) is 0 Å². The Bertz CT molecular complexity index is 457. The maximum atomic E-state index is 12.1. The smallest absolute Gasteiger partial charge is 0.326 e. The van der Waals surface area contributed by atoms with Gasteiger partial charge in [0.15, 0.2) is 0 Å². The molecule has 0 saturated heterocycles. The van der Waals surface area contributed by atoms with Crippen LogP contribution in [-0.4, -0.2) is 27.6 Å². The van der Waals surface area contributed by atoms with Crippen LogP contribution < -0.4 is 5.32 Å². The Balaban J connectivity index is 2.84. The summed E-state index contributed by atoms with van der Waals surface area (Å²) in [4.78, 5) is 23.1. The Morgan fingerprint density at radius 3 is 2.63 bits per heavy atom. The molecule has 0 aliphatic heterocycles. The van der Waals surface area contributed by atoms with Crippen molar-refractivity contribution in [3.63, 3.8) is 0 Å². The third-order valence-electron chi connectivity index (χ3n) is 2.74. The van der Waals surface area contributed by atoms with E-state index in [4.69, 9.17) is 16.7 Å². The molecule has 0 bridgehead atoms. The first-order chi connectivity index (χ1) is 8.99. The first-order valence-corrected chi connectivity index (χ1v) is 6.76. The number of aryl methyl sites for hydroxylation is 1. The van der Waals surface area contributed by atoms with Crippen molar-refractivity contribution in [1.29, 1.82) is 0 Å². The van der Waals surface area contributed by atoms with Gasteiger partial charge in [-0.1, -0.05) is 31.9 Å². The average molecular weight is 287 g/mol. The zero-order valence-corrected chi connectivity index (χ0v) is 11.9. The SMILES string of the molecule is CCC[C@@H](NC(=O)c1cc(Cl)cn1CCC)C(=O)O. The standard InChI is InChI=1S/C13H19ClN2O3/c1-3-5-10(13(18)19)15-12(17)11-7-9(14)8-16(11)6-4-2/h7-8,10H,3-6H2,1-2H3,(H,15,17)(H,18,19)/t10-/m1/s1. The monoisotopic (exact) mass is 286 g/mol. The van der Waals surface area contributed by atoms with Gasteiger partial charge in [0.2, 0.25) is 0 Å². The number of carboxylic acid groups (broad SMARTS) is 1. The Morgan fingerprint density at radius 2 is 2.11 bits per heavy atom. The second-order valence-electron chi connectivity index (χ2n) is 4.39. The molecular weight excluding hydrogens is 268 g/mol. The molecule has 1 aromatic rings. The van der Waals surface area contributed by atoms with Gasteiger partial charge in [-0.05, 0) is 18.9 Å². The molecule has 2 N–H and O–H groups in total. The highest BCUT2D eigenvalue weighted by molar-refractivity contribution is 6.31. The lowest BCUT2D eigenvalue weighted by atomic mass is 10.1. The predicted molar refractivity (Wildman–Crippen MR) is 73.5 cm³/mol. The van der Waals surface area contributed by atoms with Crippen LogP contribution >= 0.6 is 11.6 Å². The maximum absolute atomic E-state index is 12.1. The fourth-order valence-corrected chi connectivity index (χ4v) is 2.09. The summed E-state index contributed by atoms with van der Waals surface area (Å²) in [5, 5.41) is 12.0. The number of carbonyl (C=O) groups excluding carboxylic acids is 1. The van der Waals surface area contributed by atoms with Crippen LogP contribution in [0.5, 0.6) is 0 Å². The van der Waals surface area contributed by atoms with Crippen LogP contribution in [0.2, 0.25) is 5.02 Å². The van der Waals surface area contributed by atoms with Crippen LogP contribution in [0.4, 0.5) is 0 Å². The number of carboxylic acids is 1. The Kier molecular flexibility index (Phi) is 5.89. The van der Waals surface area contributed by atoms with E-state index in [2.05, 4.69) is 5.32 Å². The summed E-state index contributed by atoms with van der Waals surface area (Å²) < 4.78 is 1.74. The second kappa shape index (κ2) is 7.19. The lowest BCUT2D eigenvalue weighted by molar-refractivity contribution is -0.139. The lowest BCUT2D eigenvalue weighted by Gasteiger charge is -2.14. The molecule has 0 aliphatic rings. The molecule has 106 valence electrons. The van der Waals surface area contributed by atoms with Crippen LogP contribution in [0, 0.1) is 0 Å². The molecule has 0 radical (unpaired) electrons. The zero-order valence-electron chi connectivity index (χ0n) is 11.1. The second-order valence-corrected chi connectivity index (χ2v) is 4.83. The number of nitrogens with zero attached hydrogens (tertiary/aromatic N) is 1. The first-order valence-electron chi connectivity index (χ1n) is 6.38. The van der Waals surface area contributed by atoms with Gasteiger partial charge >= 0.3 is 5.97 Å². The summed E-state index contributed by atoms with van der Waals surface area (Å²) in [6.07, 6.45) is 3.63. The molecule has 0 spiro atoms. The van der Waals surface area contributed by atoms with Crippen molar-refractivity contribution in [2.45, 2.75) is 45.7 Å². The number of nitrogens with one attached hydrogen (secondary N) is 1. The summed E-state index contributed by atoms with van der Waals surface area (Å²) in [5.74, 6) is -1.42. The predicted octanol–water partition coefficient (Wildman–Crippen LogP) is 2.53. The summed E-state index contributed by atoms with van der Waals surface area (Å²) in [6, 6.07) is 0.693. The van der Waals surface area contributed by atoms with Crippen LogP contribution in [0.3, 0.4) is 0 Å². The third kappa shape index (κ3) is 4.28. The van der Waals surface area contributed by atoms with E-state index >= 15 is 0 Å². The minimum Gasteiger partial charge on any atom is -0.480 e. The third-order valence-corrected chi connectivity index (χ3v) is 2.95. The summed E-state index contributed by atoms with van der Waals surface area (Å²) in [7, 11) is 0. The van der Waals surface area contributed by atoms with Crippen molar-refractivity contribution in [3.8, 4) is 0 Å². The fourth-order valence-electron chi connectivity index (χ4n) is 1.87. The van der Waals surface area contributed by atoms with Gasteiger partial charge in [-0.3, -0.25) is 4.79 Å². The largest absolute Gasteiger partial charge is 0.480 e. The molecule has 1 atom stereocenters. The molecule has 0 aliphatic carbocycles. The van der Waals surface area contributed by atoms with Crippen molar-refractivity contribution < 1.29 is 14.7 Å². The van der Waals surface area contributed by atoms with Gasteiger partial charge in [0.25, 0.3) is 5.91 Å². The molecular formula is C13H19ClN2O3. The molecule has 1 rings (SSSR count). The highest BCUT2D eigenvalue weighted by Gasteiger charge is 2.21. The van der Waals surface area contributed by atoms with Gasteiger partial charge in [-0.25, -0.2) is 4.79 Å². The molecule has 1 heterocycles. The van der Waals surface area contributed by atoms with Crippen molar-refractivity contribution >= 4 is 23.5 Å². The van der Waals surface area contributed by atoms with Crippen molar-refractivity contribution in [1.82, 2.24) is 9.88 Å². The van der Waals surface area contributed by atoms with Crippen molar-refractivity contribution in [3.05, 3.63) is 23.0 Å². The number of carbonyl (C=O) groups is 2. The molecule has 0 aromatic carbocycles. The summed E-state index contributed by atoms with van der Waals surface area (Å²) >= 11 is 5.89. The molecule has 1 amide bonds. The number of aromatic nitrogens is 1. The molecule has 0 unspecified atom stereocenters. The quantitative estimate of drug-likeness (QED) is 0.809. The molecule has 0 fully saturated rings. The van der Waals surface area contributed by atoms with E-state index in [-0.39, 0.29) is 0 Å². The Hall–Kier alpha value is -1.49. The van der Waals surface area contributed by atoms with Gasteiger partial charge in [0, 0.05) is 12.7 Å². The topological polar surface area (TPSA) is 71.3 Å². The van der Waals surface area contributed by atoms with E-state index in [0.29, 0.717) is 30.1 Å². The molecule has 0 saturated carbocycles. The number of aliphatic carboxylic acids is 1. The number of hydrogen-bond donors (Lipinski definition) is 2. The van der Waals surface area contributed by atoms with Crippen LogP contribution in [0.15, 0.2) is 12.3 Å². The minimum absolute atomic E-state index is 0.397. The lowest BCUT2D eigenvalue weighted by Crippen LogP contribution is -2.41. The van der Waals surface area contributed by atoms with Gasteiger partial charge in [0.1, 0.15) is 11.7 Å².